The van der Waals surface area contributed by atoms with E-state index in [1.165, 1.54) is 0 Å². The summed E-state index contributed by atoms with van der Waals surface area (Å²) in [5.41, 5.74) is 6.19. The second-order valence-electron chi connectivity index (χ2n) is 4.99. The van der Waals surface area contributed by atoms with Gasteiger partial charge in [-0.25, -0.2) is 0 Å². The van der Waals surface area contributed by atoms with Gasteiger partial charge in [0, 0.05) is 6.61 Å². The van der Waals surface area contributed by atoms with Crippen LogP contribution < -0.4 is 16.4 Å². The highest BCUT2D eigenvalue weighted by Gasteiger charge is 2.28. The zero-order valence-corrected chi connectivity index (χ0v) is 13.1. The van der Waals surface area contributed by atoms with Gasteiger partial charge >= 0.3 is 0 Å². The Labute approximate surface area is 136 Å². The van der Waals surface area contributed by atoms with Crippen molar-refractivity contribution in [2.75, 3.05) is 19.7 Å². The molecule has 122 valence electrons. The van der Waals surface area contributed by atoms with E-state index >= 15 is 0 Å². The monoisotopic (exact) mass is 327 g/mol. The first-order valence-electron chi connectivity index (χ1n) is 7.13. The van der Waals surface area contributed by atoms with Crippen LogP contribution in [0.2, 0.25) is 0 Å². The topological polar surface area (TPSA) is 93.5 Å². The minimum atomic E-state index is -0.349. The largest absolute Gasteiger partial charge is 0.376 e. The maximum Gasteiger partial charge on any atom is 0.239 e. The van der Waals surface area contributed by atoms with E-state index in [4.69, 9.17) is 10.5 Å². The van der Waals surface area contributed by atoms with Crippen LogP contribution in [0.4, 0.5) is 0 Å². The molecule has 4 N–H and O–H groups in total. The summed E-state index contributed by atoms with van der Waals surface area (Å²) in [4.78, 5) is 23.1. The average Bonchev–Trinajstić information content (AvgIpc) is 3.05. The van der Waals surface area contributed by atoms with Gasteiger partial charge in [0.25, 0.3) is 0 Å². The maximum absolute atomic E-state index is 12.0. The molecule has 0 radical (unpaired) electrons. The number of hydrogen-bond acceptors (Lipinski definition) is 4. The van der Waals surface area contributed by atoms with Gasteiger partial charge in [-0.3, -0.25) is 9.59 Å². The molecule has 1 aromatic rings. The maximum atomic E-state index is 12.0. The van der Waals surface area contributed by atoms with Gasteiger partial charge < -0.3 is 21.1 Å². The predicted molar refractivity (Wildman–Crippen MR) is 85.6 cm³/mol. The summed E-state index contributed by atoms with van der Waals surface area (Å²) < 4.78 is 5.70. The lowest BCUT2D eigenvalue weighted by Gasteiger charge is -2.24. The number of rotatable bonds is 6. The molecule has 2 rings (SSSR count). The quantitative estimate of drug-likeness (QED) is 0.710. The minimum absolute atomic E-state index is 0. The molecule has 0 aliphatic carbocycles. The van der Waals surface area contributed by atoms with E-state index in [9.17, 15) is 9.59 Å². The standard InChI is InChI=1S/C15H21N3O3.ClH/c16-9-13(19)17-10-14(20)18-15(12-7-4-8-21-12)11-5-2-1-3-6-11;/h1-3,5-6,12,15H,4,7-10,16H2,(H,17,19)(H,18,20);1H. The number of hydrogen-bond donors (Lipinski definition) is 3. The summed E-state index contributed by atoms with van der Waals surface area (Å²) in [6.07, 6.45) is 1.88. The first kappa shape index (κ1) is 18.4. The van der Waals surface area contributed by atoms with Crippen LogP contribution in [0.25, 0.3) is 0 Å². The highest BCUT2D eigenvalue weighted by atomic mass is 35.5. The molecule has 0 saturated carbocycles. The number of carbonyl (C=O) groups is 2. The molecular weight excluding hydrogens is 306 g/mol. The molecule has 1 aliphatic rings. The number of ether oxygens (including phenoxy) is 1. The van der Waals surface area contributed by atoms with Crippen LogP contribution in [-0.2, 0) is 14.3 Å². The molecule has 2 amide bonds. The fourth-order valence-corrected chi connectivity index (χ4v) is 2.39. The van der Waals surface area contributed by atoms with Crippen molar-refractivity contribution in [2.24, 2.45) is 5.73 Å². The normalized spacial score (nSPS) is 18.1. The summed E-state index contributed by atoms with van der Waals surface area (Å²) in [5.74, 6) is -0.598. The van der Waals surface area contributed by atoms with E-state index in [0.717, 1.165) is 18.4 Å². The lowest BCUT2D eigenvalue weighted by Crippen LogP contribution is -2.43. The molecule has 1 saturated heterocycles. The van der Waals surface area contributed by atoms with Crippen molar-refractivity contribution in [3.05, 3.63) is 35.9 Å². The van der Waals surface area contributed by atoms with Gasteiger partial charge in [-0.15, -0.1) is 12.4 Å². The van der Waals surface area contributed by atoms with Crippen LogP contribution in [0.1, 0.15) is 24.4 Å². The molecule has 1 aromatic carbocycles. The van der Waals surface area contributed by atoms with Crippen molar-refractivity contribution in [1.82, 2.24) is 10.6 Å². The zero-order valence-electron chi connectivity index (χ0n) is 12.3. The third-order valence-corrected chi connectivity index (χ3v) is 3.44. The first-order valence-corrected chi connectivity index (χ1v) is 7.13. The summed E-state index contributed by atoms with van der Waals surface area (Å²) in [7, 11) is 0. The molecule has 1 aliphatic heterocycles. The Bertz CT molecular complexity index is 478. The molecule has 1 fully saturated rings. The van der Waals surface area contributed by atoms with Crippen molar-refractivity contribution in [1.29, 1.82) is 0 Å². The number of halogens is 1. The van der Waals surface area contributed by atoms with Crippen LogP contribution >= 0.6 is 12.4 Å². The van der Waals surface area contributed by atoms with Crippen LogP contribution in [0.3, 0.4) is 0 Å². The van der Waals surface area contributed by atoms with Crippen molar-refractivity contribution < 1.29 is 14.3 Å². The van der Waals surface area contributed by atoms with Gasteiger partial charge in [0.2, 0.25) is 11.8 Å². The SMILES string of the molecule is Cl.NCC(=O)NCC(=O)NC(c1ccccc1)C1CCCO1. The smallest absolute Gasteiger partial charge is 0.239 e. The average molecular weight is 328 g/mol. The summed E-state index contributed by atoms with van der Waals surface area (Å²) in [6, 6.07) is 9.52. The number of nitrogens with one attached hydrogen (secondary N) is 2. The molecule has 0 bridgehead atoms. The molecule has 6 nitrogen and oxygen atoms in total. The van der Waals surface area contributed by atoms with Gasteiger partial charge in [-0.05, 0) is 18.4 Å². The number of amides is 2. The summed E-state index contributed by atoms with van der Waals surface area (Å²) >= 11 is 0. The van der Waals surface area contributed by atoms with Gasteiger partial charge in [-0.2, -0.15) is 0 Å². The third-order valence-electron chi connectivity index (χ3n) is 3.44. The van der Waals surface area contributed by atoms with Crippen LogP contribution in [0, 0.1) is 0 Å². The van der Waals surface area contributed by atoms with E-state index in [0.29, 0.717) is 6.61 Å². The Morgan fingerprint density at radius 3 is 2.59 bits per heavy atom. The van der Waals surface area contributed by atoms with Gasteiger partial charge in [0.05, 0.1) is 25.2 Å². The van der Waals surface area contributed by atoms with Crippen molar-refractivity contribution in [3.8, 4) is 0 Å². The number of carbonyl (C=O) groups excluding carboxylic acids is 2. The molecule has 2 unspecified atom stereocenters. The Hall–Kier alpha value is -1.63. The molecule has 22 heavy (non-hydrogen) atoms. The Kier molecular flexibility index (Phi) is 7.87. The van der Waals surface area contributed by atoms with Crippen LogP contribution in [-0.4, -0.2) is 37.6 Å². The molecule has 7 heteroatoms. The molecule has 2 atom stereocenters. The molecule has 0 spiro atoms. The highest BCUT2D eigenvalue weighted by molar-refractivity contribution is 5.86. The van der Waals surface area contributed by atoms with E-state index in [1.54, 1.807) is 0 Å². The molecule has 0 aromatic heterocycles. The van der Waals surface area contributed by atoms with Crippen molar-refractivity contribution in [2.45, 2.75) is 25.0 Å². The van der Waals surface area contributed by atoms with Gasteiger partial charge in [-0.1, -0.05) is 30.3 Å². The zero-order chi connectivity index (χ0) is 15.1. The fraction of sp³-hybridized carbons (Fsp3) is 0.467. The molecular formula is C15H22ClN3O3. The van der Waals surface area contributed by atoms with E-state index in [1.807, 2.05) is 30.3 Å². The lowest BCUT2D eigenvalue weighted by atomic mass is 9.99. The van der Waals surface area contributed by atoms with Crippen LogP contribution in [0.5, 0.6) is 0 Å². The Morgan fingerprint density at radius 1 is 1.27 bits per heavy atom. The van der Waals surface area contributed by atoms with E-state index < -0.39 is 0 Å². The van der Waals surface area contributed by atoms with E-state index in [2.05, 4.69) is 10.6 Å². The van der Waals surface area contributed by atoms with Crippen molar-refractivity contribution >= 4 is 24.2 Å². The van der Waals surface area contributed by atoms with Crippen molar-refractivity contribution in [3.63, 3.8) is 0 Å². The Balaban J connectivity index is 0.00000242. The van der Waals surface area contributed by atoms with Gasteiger partial charge in [0.1, 0.15) is 0 Å². The molecule has 1 heterocycles. The highest BCUT2D eigenvalue weighted by Crippen LogP contribution is 2.26. The first-order chi connectivity index (χ1) is 10.2. The second-order valence-corrected chi connectivity index (χ2v) is 4.99. The second kappa shape index (κ2) is 9.40. The summed E-state index contributed by atoms with van der Waals surface area (Å²) in [6.45, 7) is 0.515. The van der Waals surface area contributed by atoms with Gasteiger partial charge in [0.15, 0.2) is 0 Å². The lowest BCUT2D eigenvalue weighted by molar-refractivity contribution is -0.126. The third kappa shape index (κ3) is 5.29. The minimum Gasteiger partial charge on any atom is -0.376 e. The fourth-order valence-electron chi connectivity index (χ4n) is 2.39. The predicted octanol–water partition coefficient (Wildman–Crippen LogP) is 0.520. The Morgan fingerprint density at radius 2 is 2.00 bits per heavy atom. The van der Waals surface area contributed by atoms with E-state index in [-0.39, 0.29) is 49.5 Å². The summed E-state index contributed by atoms with van der Waals surface area (Å²) in [5, 5.41) is 5.40. The number of benzene rings is 1. The number of nitrogens with two attached hydrogens (primary N) is 1. The van der Waals surface area contributed by atoms with Crippen LogP contribution in [0.15, 0.2) is 30.3 Å².